The van der Waals surface area contributed by atoms with E-state index in [1.54, 1.807) is 0 Å². The van der Waals surface area contributed by atoms with Gasteiger partial charge in [0.05, 0.1) is 5.56 Å². The molecule has 0 saturated heterocycles. The molecule has 0 atom stereocenters. The van der Waals surface area contributed by atoms with E-state index in [-0.39, 0.29) is 22.4 Å². The van der Waals surface area contributed by atoms with Crippen molar-refractivity contribution in [1.29, 1.82) is 0 Å². The number of carbonyl (C=O) groups is 1. The molecule has 0 aliphatic heterocycles. The zero-order valence-electron chi connectivity index (χ0n) is 9.15. The number of primary amides is 1. The van der Waals surface area contributed by atoms with Gasteiger partial charge in [-0.2, -0.15) is 0 Å². The fourth-order valence-corrected chi connectivity index (χ4v) is 1.64. The summed E-state index contributed by atoms with van der Waals surface area (Å²) in [6.07, 6.45) is 0. The number of para-hydroxylation sites is 1. The standard InChI is InChI=1S/C13H9F2NO2/c14-10-5-4-7(6-11(10)15)8-2-1-3-9(12(8)17)13(16)18/h1-6,17H,(H2,16,18). The first-order valence-corrected chi connectivity index (χ1v) is 5.08. The molecule has 0 aliphatic rings. The normalized spacial score (nSPS) is 10.3. The number of aromatic hydroxyl groups is 1. The Hall–Kier alpha value is -2.43. The average Bonchev–Trinajstić information content (AvgIpc) is 2.33. The smallest absolute Gasteiger partial charge is 0.252 e. The van der Waals surface area contributed by atoms with Crippen molar-refractivity contribution < 1.29 is 18.7 Å². The summed E-state index contributed by atoms with van der Waals surface area (Å²) in [4.78, 5) is 11.1. The Morgan fingerprint density at radius 3 is 2.44 bits per heavy atom. The Morgan fingerprint density at radius 1 is 1.11 bits per heavy atom. The predicted octanol–water partition coefficient (Wildman–Crippen LogP) is 2.44. The number of hydrogen-bond acceptors (Lipinski definition) is 2. The van der Waals surface area contributed by atoms with Crippen LogP contribution in [0.25, 0.3) is 11.1 Å². The molecule has 0 saturated carbocycles. The molecule has 2 aromatic rings. The van der Waals surface area contributed by atoms with Crippen molar-refractivity contribution in [3.8, 4) is 16.9 Å². The highest BCUT2D eigenvalue weighted by atomic mass is 19.2. The van der Waals surface area contributed by atoms with Crippen molar-refractivity contribution in [2.45, 2.75) is 0 Å². The molecule has 0 bridgehead atoms. The van der Waals surface area contributed by atoms with Crippen LogP contribution in [-0.2, 0) is 0 Å². The molecule has 0 aliphatic carbocycles. The second-order valence-electron chi connectivity index (χ2n) is 3.69. The Kier molecular flexibility index (Phi) is 2.97. The van der Waals surface area contributed by atoms with Crippen LogP contribution < -0.4 is 5.73 Å². The fourth-order valence-electron chi connectivity index (χ4n) is 1.64. The molecule has 5 heteroatoms. The molecule has 1 amide bonds. The van der Waals surface area contributed by atoms with Gasteiger partial charge < -0.3 is 10.8 Å². The highest BCUT2D eigenvalue weighted by Gasteiger charge is 2.13. The third-order valence-corrected chi connectivity index (χ3v) is 2.53. The maximum absolute atomic E-state index is 13.1. The van der Waals surface area contributed by atoms with Crippen LogP contribution in [0.15, 0.2) is 36.4 Å². The zero-order chi connectivity index (χ0) is 13.3. The highest BCUT2D eigenvalue weighted by Crippen LogP contribution is 2.32. The van der Waals surface area contributed by atoms with Crippen molar-refractivity contribution in [3.63, 3.8) is 0 Å². The summed E-state index contributed by atoms with van der Waals surface area (Å²) < 4.78 is 25.9. The molecule has 3 nitrogen and oxygen atoms in total. The van der Waals surface area contributed by atoms with Crippen LogP contribution >= 0.6 is 0 Å². The first-order chi connectivity index (χ1) is 8.50. The fraction of sp³-hybridized carbons (Fsp3) is 0. The van der Waals surface area contributed by atoms with Crippen LogP contribution in [0.5, 0.6) is 5.75 Å². The Bertz CT molecular complexity index is 626. The summed E-state index contributed by atoms with van der Waals surface area (Å²) >= 11 is 0. The first kappa shape index (κ1) is 12.0. The Labute approximate surface area is 101 Å². The van der Waals surface area contributed by atoms with Crippen molar-refractivity contribution >= 4 is 5.91 Å². The molecule has 0 spiro atoms. The molecule has 2 aromatic carbocycles. The van der Waals surface area contributed by atoms with Gasteiger partial charge in [0.25, 0.3) is 5.91 Å². The second kappa shape index (κ2) is 4.44. The number of amides is 1. The number of rotatable bonds is 2. The first-order valence-electron chi connectivity index (χ1n) is 5.08. The van der Waals surface area contributed by atoms with Crippen molar-refractivity contribution in [2.24, 2.45) is 5.73 Å². The Balaban J connectivity index is 2.60. The number of phenols is 1. The Morgan fingerprint density at radius 2 is 1.83 bits per heavy atom. The van der Waals surface area contributed by atoms with Gasteiger partial charge in [0.1, 0.15) is 5.75 Å². The van der Waals surface area contributed by atoms with Gasteiger partial charge in [-0.25, -0.2) is 8.78 Å². The SMILES string of the molecule is NC(=O)c1cccc(-c2ccc(F)c(F)c2)c1O. The summed E-state index contributed by atoms with van der Waals surface area (Å²) in [6.45, 7) is 0. The van der Waals surface area contributed by atoms with E-state index >= 15 is 0 Å². The van der Waals surface area contributed by atoms with Crippen LogP contribution in [0.2, 0.25) is 0 Å². The topological polar surface area (TPSA) is 63.3 Å². The maximum atomic E-state index is 13.1. The average molecular weight is 249 g/mol. The largest absolute Gasteiger partial charge is 0.506 e. The summed E-state index contributed by atoms with van der Waals surface area (Å²) in [5, 5.41) is 9.86. The van der Waals surface area contributed by atoms with Gasteiger partial charge in [-0.15, -0.1) is 0 Å². The molecule has 0 heterocycles. The lowest BCUT2D eigenvalue weighted by Crippen LogP contribution is -2.11. The molecule has 3 N–H and O–H groups in total. The lowest BCUT2D eigenvalue weighted by Gasteiger charge is -2.08. The minimum atomic E-state index is -1.03. The van der Waals surface area contributed by atoms with Crippen molar-refractivity contribution in [1.82, 2.24) is 0 Å². The van der Waals surface area contributed by atoms with E-state index in [4.69, 9.17) is 5.73 Å². The third-order valence-electron chi connectivity index (χ3n) is 2.53. The van der Waals surface area contributed by atoms with Gasteiger partial charge in [0, 0.05) is 5.56 Å². The molecule has 18 heavy (non-hydrogen) atoms. The van der Waals surface area contributed by atoms with E-state index in [2.05, 4.69) is 0 Å². The maximum Gasteiger partial charge on any atom is 0.252 e. The number of halogens is 2. The summed E-state index contributed by atoms with van der Waals surface area (Å²) in [6, 6.07) is 7.51. The zero-order valence-corrected chi connectivity index (χ0v) is 9.15. The van der Waals surface area contributed by atoms with E-state index in [9.17, 15) is 18.7 Å². The summed E-state index contributed by atoms with van der Waals surface area (Å²) in [7, 11) is 0. The van der Waals surface area contributed by atoms with Crippen LogP contribution in [-0.4, -0.2) is 11.0 Å². The van der Waals surface area contributed by atoms with Gasteiger partial charge in [-0.3, -0.25) is 4.79 Å². The van der Waals surface area contributed by atoms with Gasteiger partial charge in [0.2, 0.25) is 0 Å². The molecule has 0 unspecified atom stereocenters. The molecule has 0 radical (unpaired) electrons. The van der Waals surface area contributed by atoms with Gasteiger partial charge in [-0.1, -0.05) is 18.2 Å². The van der Waals surface area contributed by atoms with Crippen LogP contribution in [0, 0.1) is 11.6 Å². The highest BCUT2D eigenvalue weighted by molar-refractivity contribution is 5.98. The molecule has 92 valence electrons. The number of benzene rings is 2. The van der Waals surface area contributed by atoms with Crippen molar-refractivity contribution in [3.05, 3.63) is 53.6 Å². The molecule has 0 aromatic heterocycles. The number of hydrogen-bond donors (Lipinski definition) is 2. The monoisotopic (exact) mass is 249 g/mol. The molecular weight excluding hydrogens is 240 g/mol. The van der Waals surface area contributed by atoms with Gasteiger partial charge >= 0.3 is 0 Å². The van der Waals surface area contributed by atoms with Crippen LogP contribution in [0.4, 0.5) is 8.78 Å². The quantitative estimate of drug-likeness (QED) is 0.858. The number of carbonyl (C=O) groups excluding carboxylic acids is 1. The van der Waals surface area contributed by atoms with Crippen LogP contribution in [0.3, 0.4) is 0 Å². The van der Waals surface area contributed by atoms with E-state index in [0.29, 0.717) is 0 Å². The van der Waals surface area contributed by atoms with Crippen LogP contribution in [0.1, 0.15) is 10.4 Å². The lowest BCUT2D eigenvalue weighted by atomic mass is 10.0. The van der Waals surface area contributed by atoms with E-state index in [0.717, 1.165) is 12.1 Å². The van der Waals surface area contributed by atoms with Gasteiger partial charge in [0.15, 0.2) is 11.6 Å². The molecular formula is C13H9F2NO2. The van der Waals surface area contributed by atoms with Crippen molar-refractivity contribution in [2.75, 3.05) is 0 Å². The molecule has 2 rings (SSSR count). The lowest BCUT2D eigenvalue weighted by molar-refractivity contribution is 0.0998. The van der Waals surface area contributed by atoms with E-state index in [1.807, 2.05) is 0 Å². The molecule has 0 fully saturated rings. The van der Waals surface area contributed by atoms with Gasteiger partial charge in [-0.05, 0) is 23.8 Å². The third kappa shape index (κ3) is 2.02. The minimum absolute atomic E-state index is 0.0720. The van der Waals surface area contributed by atoms with E-state index in [1.165, 1.54) is 24.3 Å². The second-order valence-corrected chi connectivity index (χ2v) is 3.69. The summed E-state index contributed by atoms with van der Waals surface area (Å²) in [5.41, 5.74) is 5.48. The summed E-state index contributed by atoms with van der Waals surface area (Å²) in [5.74, 6) is -3.16. The predicted molar refractivity (Wildman–Crippen MR) is 62.0 cm³/mol. The van der Waals surface area contributed by atoms with E-state index < -0.39 is 17.5 Å². The number of nitrogens with two attached hydrogens (primary N) is 1. The minimum Gasteiger partial charge on any atom is -0.506 e.